The van der Waals surface area contributed by atoms with Gasteiger partial charge in [-0.25, -0.2) is 4.99 Å². The summed E-state index contributed by atoms with van der Waals surface area (Å²) in [5, 5.41) is 6.96. The molecule has 25 heavy (non-hydrogen) atoms. The van der Waals surface area contributed by atoms with Gasteiger partial charge in [0.25, 0.3) is 0 Å². The molecule has 2 N–H and O–H groups in total. The van der Waals surface area contributed by atoms with Crippen molar-refractivity contribution in [3.63, 3.8) is 0 Å². The number of nitrogens with one attached hydrogen (secondary N) is 2. The molecule has 6 heteroatoms. The predicted molar refractivity (Wildman–Crippen MR) is 122 cm³/mol. The summed E-state index contributed by atoms with van der Waals surface area (Å²) in [6, 6.07) is 6.85. The minimum Gasteiger partial charge on any atom is -0.357 e. The molecule has 1 aliphatic rings. The van der Waals surface area contributed by atoms with Crippen LogP contribution in [0, 0.1) is 6.92 Å². The van der Waals surface area contributed by atoms with Crippen LogP contribution in [0.2, 0.25) is 0 Å². The van der Waals surface area contributed by atoms with Crippen LogP contribution in [0.15, 0.2) is 40.3 Å². The van der Waals surface area contributed by atoms with Gasteiger partial charge in [-0.15, -0.1) is 30.6 Å². The molecule has 0 aliphatic carbocycles. The summed E-state index contributed by atoms with van der Waals surface area (Å²) < 4.78 is 1.11. The molecular formula is C19H30BrIN4. The van der Waals surface area contributed by atoms with E-state index in [0.717, 1.165) is 49.5 Å². The van der Waals surface area contributed by atoms with Crippen molar-refractivity contribution >= 4 is 45.9 Å². The molecule has 1 aromatic carbocycles. The summed E-state index contributed by atoms with van der Waals surface area (Å²) in [6.45, 7) is 12.9. The second kappa shape index (κ2) is 11.9. The van der Waals surface area contributed by atoms with Gasteiger partial charge in [-0.05, 0) is 49.9 Å². The highest BCUT2D eigenvalue weighted by Gasteiger charge is 2.19. The molecule has 0 bridgehead atoms. The normalized spacial score (nSPS) is 16.2. The van der Waals surface area contributed by atoms with Crippen molar-refractivity contribution < 1.29 is 0 Å². The fourth-order valence-corrected chi connectivity index (χ4v) is 3.43. The Hall–Kier alpha value is -0.600. The minimum absolute atomic E-state index is 0. The summed E-state index contributed by atoms with van der Waals surface area (Å²) in [5.41, 5.74) is 2.53. The fraction of sp³-hybridized carbons (Fsp3) is 0.526. The van der Waals surface area contributed by atoms with Crippen LogP contribution in [-0.2, 0) is 6.54 Å². The van der Waals surface area contributed by atoms with Crippen LogP contribution in [-0.4, -0.2) is 43.1 Å². The molecule has 0 atom stereocenters. The smallest absolute Gasteiger partial charge is 0.191 e. The van der Waals surface area contributed by atoms with Crippen molar-refractivity contribution in [2.45, 2.75) is 39.3 Å². The molecule has 1 heterocycles. The topological polar surface area (TPSA) is 39.7 Å². The molecule has 0 unspecified atom stereocenters. The molecule has 0 radical (unpaired) electrons. The third-order valence-corrected chi connectivity index (χ3v) is 4.87. The highest BCUT2D eigenvalue weighted by Crippen LogP contribution is 2.16. The molecular weight excluding hydrogens is 491 g/mol. The lowest BCUT2D eigenvalue weighted by Gasteiger charge is -2.32. The Morgan fingerprint density at radius 2 is 2.12 bits per heavy atom. The molecule has 140 valence electrons. The Morgan fingerprint density at radius 1 is 1.40 bits per heavy atom. The van der Waals surface area contributed by atoms with Crippen LogP contribution < -0.4 is 10.6 Å². The van der Waals surface area contributed by atoms with E-state index in [1.807, 2.05) is 6.08 Å². The number of hydrogen-bond donors (Lipinski definition) is 2. The first-order valence-corrected chi connectivity index (χ1v) is 9.54. The monoisotopic (exact) mass is 520 g/mol. The Morgan fingerprint density at radius 3 is 2.72 bits per heavy atom. The van der Waals surface area contributed by atoms with E-state index in [4.69, 9.17) is 4.99 Å². The van der Waals surface area contributed by atoms with Crippen molar-refractivity contribution in [2.24, 2.45) is 4.99 Å². The molecule has 2 rings (SSSR count). The maximum absolute atomic E-state index is 4.77. The second-order valence-electron chi connectivity index (χ2n) is 6.27. The quantitative estimate of drug-likeness (QED) is 0.257. The Labute approximate surface area is 177 Å². The molecule has 0 aromatic heterocycles. The van der Waals surface area contributed by atoms with E-state index in [1.165, 1.54) is 11.1 Å². The van der Waals surface area contributed by atoms with Crippen molar-refractivity contribution in [2.75, 3.05) is 26.2 Å². The average molecular weight is 521 g/mol. The van der Waals surface area contributed by atoms with E-state index < -0.39 is 0 Å². The Kier molecular flexibility index (Phi) is 10.7. The van der Waals surface area contributed by atoms with Crippen molar-refractivity contribution in [3.8, 4) is 0 Å². The molecule has 1 saturated heterocycles. The summed E-state index contributed by atoms with van der Waals surface area (Å²) in [4.78, 5) is 7.22. The van der Waals surface area contributed by atoms with E-state index in [9.17, 15) is 0 Å². The van der Waals surface area contributed by atoms with Crippen molar-refractivity contribution in [3.05, 3.63) is 46.5 Å². The molecule has 1 aromatic rings. The number of aryl methyl sites for hydroxylation is 1. The molecule has 4 nitrogen and oxygen atoms in total. The minimum atomic E-state index is 0. The van der Waals surface area contributed by atoms with Crippen LogP contribution >= 0.6 is 39.9 Å². The van der Waals surface area contributed by atoms with E-state index in [2.05, 4.69) is 70.1 Å². The van der Waals surface area contributed by atoms with E-state index in [0.29, 0.717) is 12.6 Å². The number of rotatable bonds is 6. The van der Waals surface area contributed by atoms with Gasteiger partial charge in [-0.2, -0.15) is 0 Å². The number of guanidine groups is 1. The van der Waals surface area contributed by atoms with Crippen LogP contribution in [0.1, 0.15) is 30.9 Å². The second-order valence-corrected chi connectivity index (χ2v) is 7.19. The van der Waals surface area contributed by atoms with Gasteiger partial charge in [0, 0.05) is 36.7 Å². The lowest BCUT2D eigenvalue weighted by molar-refractivity contribution is 0.225. The number of piperidine rings is 1. The van der Waals surface area contributed by atoms with Gasteiger partial charge in [0.1, 0.15) is 0 Å². The molecule has 0 spiro atoms. The molecule has 1 aliphatic heterocycles. The summed E-state index contributed by atoms with van der Waals surface area (Å²) in [6.07, 6.45) is 4.28. The first kappa shape index (κ1) is 22.4. The first-order chi connectivity index (χ1) is 11.6. The predicted octanol–water partition coefficient (Wildman–Crippen LogP) is 4.08. The zero-order chi connectivity index (χ0) is 17.4. The van der Waals surface area contributed by atoms with Crippen molar-refractivity contribution in [1.82, 2.24) is 15.5 Å². The van der Waals surface area contributed by atoms with Gasteiger partial charge < -0.3 is 10.6 Å². The Bertz CT molecular complexity index is 569. The highest BCUT2D eigenvalue weighted by molar-refractivity contribution is 14.0. The number of benzene rings is 1. The number of likely N-dealkylation sites (tertiary alicyclic amines) is 1. The third-order valence-electron chi connectivity index (χ3n) is 4.37. The van der Waals surface area contributed by atoms with Gasteiger partial charge in [-0.1, -0.05) is 28.1 Å². The van der Waals surface area contributed by atoms with E-state index in [-0.39, 0.29) is 24.0 Å². The van der Waals surface area contributed by atoms with Crippen LogP contribution in [0.4, 0.5) is 0 Å². The van der Waals surface area contributed by atoms with Crippen molar-refractivity contribution in [1.29, 1.82) is 0 Å². The molecule has 0 amide bonds. The standard InChI is InChI=1S/C19H29BrN4.HI/c1-4-10-24-11-8-18(9-12-24)23-19(21-5-2)22-14-16-6-7-17(20)13-15(16)3;/h4,6-7,13,18H,1,5,8-12,14H2,2-3H3,(H2,21,22,23);1H. The Balaban J connectivity index is 0.00000312. The molecule has 1 fully saturated rings. The van der Waals surface area contributed by atoms with Gasteiger partial charge in [0.2, 0.25) is 0 Å². The first-order valence-electron chi connectivity index (χ1n) is 8.75. The summed E-state index contributed by atoms with van der Waals surface area (Å²) in [5.74, 6) is 0.919. The molecule has 0 saturated carbocycles. The lowest BCUT2D eigenvalue weighted by atomic mass is 10.1. The summed E-state index contributed by atoms with van der Waals surface area (Å²) >= 11 is 3.51. The van der Waals surface area contributed by atoms with Gasteiger partial charge in [-0.3, -0.25) is 4.90 Å². The average Bonchev–Trinajstić information content (AvgIpc) is 2.56. The number of hydrogen-bond acceptors (Lipinski definition) is 2. The van der Waals surface area contributed by atoms with Gasteiger partial charge in [0.15, 0.2) is 5.96 Å². The zero-order valence-electron chi connectivity index (χ0n) is 15.2. The van der Waals surface area contributed by atoms with Crippen LogP contribution in [0.25, 0.3) is 0 Å². The van der Waals surface area contributed by atoms with Crippen LogP contribution in [0.3, 0.4) is 0 Å². The third kappa shape index (κ3) is 7.66. The zero-order valence-corrected chi connectivity index (χ0v) is 19.1. The lowest BCUT2D eigenvalue weighted by Crippen LogP contribution is -2.48. The number of aliphatic imine (C=N–C) groups is 1. The van der Waals surface area contributed by atoms with Gasteiger partial charge >= 0.3 is 0 Å². The highest BCUT2D eigenvalue weighted by atomic mass is 127. The number of nitrogens with zero attached hydrogens (tertiary/aromatic N) is 2. The van der Waals surface area contributed by atoms with Crippen LogP contribution in [0.5, 0.6) is 0 Å². The van der Waals surface area contributed by atoms with E-state index >= 15 is 0 Å². The van der Waals surface area contributed by atoms with Gasteiger partial charge in [0.05, 0.1) is 6.54 Å². The maximum Gasteiger partial charge on any atom is 0.191 e. The summed E-state index contributed by atoms with van der Waals surface area (Å²) in [7, 11) is 0. The SMILES string of the molecule is C=CCN1CCC(NC(=NCc2ccc(Br)cc2C)NCC)CC1.I. The number of halogens is 2. The fourth-order valence-electron chi connectivity index (χ4n) is 2.96. The maximum atomic E-state index is 4.77. The van der Waals surface area contributed by atoms with E-state index in [1.54, 1.807) is 0 Å². The largest absolute Gasteiger partial charge is 0.357 e.